The van der Waals surface area contributed by atoms with Crippen molar-refractivity contribution in [2.45, 2.75) is 25.9 Å². The van der Waals surface area contributed by atoms with Gasteiger partial charge in [-0.3, -0.25) is 4.79 Å². The summed E-state index contributed by atoms with van der Waals surface area (Å²) in [5.41, 5.74) is 0.352. The maximum absolute atomic E-state index is 12.2. The molecule has 3 rings (SSSR count). The second-order valence-corrected chi connectivity index (χ2v) is 5.44. The van der Waals surface area contributed by atoms with E-state index in [1.165, 1.54) is 0 Å². The van der Waals surface area contributed by atoms with Gasteiger partial charge in [-0.05, 0) is 38.0 Å². The van der Waals surface area contributed by atoms with Crippen LogP contribution in [0.4, 0.5) is 0 Å². The average Bonchev–Trinajstić information content (AvgIpc) is 3.08. The fraction of sp³-hybridized carbons (Fsp3) is 0.500. The molecule has 1 atom stereocenters. The molecule has 22 heavy (non-hydrogen) atoms. The number of carbonyl (C=O) groups excluding carboxylic acids is 2. The molecule has 1 saturated heterocycles. The van der Waals surface area contributed by atoms with E-state index in [1.807, 2.05) is 0 Å². The van der Waals surface area contributed by atoms with E-state index in [0.717, 1.165) is 25.9 Å². The molecule has 1 aromatic carbocycles. The van der Waals surface area contributed by atoms with Gasteiger partial charge in [-0.1, -0.05) is 0 Å². The van der Waals surface area contributed by atoms with Crippen molar-refractivity contribution in [2.75, 3.05) is 26.3 Å². The molecule has 1 fully saturated rings. The molecule has 6 heteroatoms. The summed E-state index contributed by atoms with van der Waals surface area (Å²) >= 11 is 0. The number of esters is 1. The maximum atomic E-state index is 12.2. The molecule has 0 radical (unpaired) electrons. The van der Waals surface area contributed by atoms with E-state index in [-0.39, 0.29) is 5.91 Å². The van der Waals surface area contributed by atoms with Crippen LogP contribution in [0.15, 0.2) is 18.2 Å². The zero-order chi connectivity index (χ0) is 15.5. The Morgan fingerprint density at radius 1 is 1.14 bits per heavy atom. The van der Waals surface area contributed by atoms with Crippen LogP contribution in [0.5, 0.6) is 11.5 Å². The van der Waals surface area contributed by atoms with Crippen molar-refractivity contribution in [2.24, 2.45) is 0 Å². The zero-order valence-electron chi connectivity index (χ0n) is 12.5. The zero-order valence-corrected chi connectivity index (χ0v) is 12.5. The van der Waals surface area contributed by atoms with Crippen molar-refractivity contribution in [1.82, 2.24) is 4.90 Å². The Balaban J connectivity index is 1.65. The lowest BCUT2D eigenvalue weighted by Gasteiger charge is -2.21. The molecule has 1 aromatic rings. The van der Waals surface area contributed by atoms with Gasteiger partial charge in [0, 0.05) is 13.1 Å². The molecule has 0 aromatic heterocycles. The first kappa shape index (κ1) is 14.7. The van der Waals surface area contributed by atoms with Crippen LogP contribution in [-0.4, -0.2) is 49.2 Å². The average molecular weight is 305 g/mol. The summed E-state index contributed by atoms with van der Waals surface area (Å²) in [5.74, 6) is 0.476. The van der Waals surface area contributed by atoms with Crippen molar-refractivity contribution in [1.29, 1.82) is 0 Å². The van der Waals surface area contributed by atoms with Gasteiger partial charge in [-0.2, -0.15) is 0 Å². The Hall–Kier alpha value is -2.24. The van der Waals surface area contributed by atoms with E-state index < -0.39 is 12.1 Å². The molecule has 0 aliphatic carbocycles. The number of nitrogens with zero attached hydrogens (tertiary/aromatic N) is 1. The number of amides is 1. The molecule has 0 spiro atoms. The number of rotatable bonds is 3. The van der Waals surface area contributed by atoms with Gasteiger partial charge in [-0.15, -0.1) is 0 Å². The highest BCUT2D eigenvalue weighted by Crippen LogP contribution is 2.31. The first-order chi connectivity index (χ1) is 10.6. The van der Waals surface area contributed by atoms with E-state index in [2.05, 4.69) is 0 Å². The van der Waals surface area contributed by atoms with Crippen LogP contribution in [0.25, 0.3) is 0 Å². The van der Waals surface area contributed by atoms with Crippen LogP contribution >= 0.6 is 0 Å². The predicted octanol–water partition coefficient (Wildman–Crippen LogP) is 1.63. The lowest BCUT2D eigenvalue weighted by molar-refractivity contribution is -0.138. The molecule has 0 unspecified atom stereocenters. The Labute approximate surface area is 128 Å². The van der Waals surface area contributed by atoms with Gasteiger partial charge in [0.25, 0.3) is 5.91 Å². The molecule has 0 bridgehead atoms. The van der Waals surface area contributed by atoms with E-state index in [9.17, 15) is 9.59 Å². The summed E-state index contributed by atoms with van der Waals surface area (Å²) in [4.78, 5) is 26.1. The number of hydrogen-bond acceptors (Lipinski definition) is 5. The molecule has 0 saturated carbocycles. The third-order valence-corrected chi connectivity index (χ3v) is 3.83. The topological polar surface area (TPSA) is 65.1 Å². The molecule has 0 N–H and O–H groups in total. The van der Waals surface area contributed by atoms with E-state index in [1.54, 1.807) is 30.0 Å². The number of carbonyl (C=O) groups is 2. The Bertz CT molecular complexity index is 580. The summed E-state index contributed by atoms with van der Waals surface area (Å²) in [6.07, 6.45) is 1.24. The van der Waals surface area contributed by atoms with Gasteiger partial charge in [0.15, 0.2) is 17.6 Å². The first-order valence-corrected chi connectivity index (χ1v) is 7.54. The van der Waals surface area contributed by atoms with Gasteiger partial charge in [0.05, 0.1) is 5.56 Å². The molecule has 2 aliphatic heterocycles. The van der Waals surface area contributed by atoms with E-state index in [0.29, 0.717) is 30.3 Å². The fourth-order valence-corrected chi connectivity index (χ4v) is 2.64. The third kappa shape index (κ3) is 3.00. The molecule has 118 valence electrons. The van der Waals surface area contributed by atoms with Gasteiger partial charge in [-0.25, -0.2) is 4.79 Å². The molecule has 2 aliphatic rings. The first-order valence-electron chi connectivity index (χ1n) is 7.54. The summed E-state index contributed by atoms with van der Waals surface area (Å²) in [6, 6.07) is 4.88. The Morgan fingerprint density at radius 2 is 1.82 bits per heavy atom. The summed E-state index contributed by atoms with van der Waals surface area (Å²) < 4.78 is 16.1. The summed E-state index contributed by atoms with van der Waals surface area (Å²) in [6.45, 7) is 4.04. The van der Waals surface area contributed by atoms with Crippen molar-refractivity contribution < 1.29 is 23.8 Å². The van der Waals surface area contributed by atoms with Crippen LogP contribution in [0.3, 0.4) is 0 Å². The largest absolute Gasteiger partial charge is 0.486 e. The molecule has 2 heterocycles. The molecular formula is C16H19NO5. The van der Waals surface area contributed by atoms with Crippen LogP contribution in [0.2, 0.25) is 0 Å². The lowest BCUT2D eigenvalue weighted by atomic mass is 10.2. The number of fused-ring (bicyclic) bond motifs is 1. The van der Waals surface area contributed by atoms with Crippen LogP contribution < -0.4 is 9.47 Å². The number of ether oxygens (including phenoxy) is 3. The monoisotopic (exact) mass is 305 g/mol. The lowest BCUT2D eigenvalue weighted by Crippen LogP contribution is -2.38. The highest BCUT2D eigenvalue weighted by molar-refractivity contribution is 5.93. The van der Waals surface area contributed by atoms with Gasteiger partial charge in [0.1, 0.15) is 13.2 Å². The standard InChI is InChI=1S/C16H19NO5/c1-11(15(18)17-6-2-3-7-17)22-16(19)12-4-5-13-14(10-12)21-9-8-20-13/h4-5,10-11H,2-3,6-9H2,1H3/t11-/m1/s1. The maximum Gasteiger partial charge on any atom is 0.339 e. The fourth-order valence-electron chi connectivity index (χ4n) is 2.64. The van der Waals surface area contributed by atoms with Gasteiger partial charge < -0.3 is 19.1 Å². The van der Waals surface area contributed by atoms with Gasteiger partial charge in [0.2, 0.25) is 0 Å². The van der Waals surface area contributed by atoms with E-state index >= 15 is 0 Å². The number of likely N-dealkylation sites (tertiary alicyclic amines) is 1. The van der Waals surface area contributed by atoms with Crippen LogP contribution in [-0.2, 0) is 9.53 Å². The quantitative estimate of drug-likeness (QED) is 0.794. The van der Waals surface area contributed by atoms with Crippen molar-refractivity contribution in [3.8, 4) is 11.5 Å². The number of hydrogen-bond donors (Lipinski definition) is 0. The second-order valence-electron chi connectivity index (χ2n) is 5.44. The van der Waals surface area contributed by atoms with Crippen molar-refractivity contribution in [3.05, 3.63) is 23.8 Å². The Kier molecular flexibility index (Phi) is 4.18. The third-order valence-electron chi connectivity index (χ3n) is 3.83. The Morgan fingerprint density at radius 3 is 2.55 bits per heavy atom. The summed E-state index contributed by atoms with van der Waals surface area (Å²) in [7, 11) is 0. The summed E-state index contributed by atoms with van der Waals surface area (Å²) in [5, 5.41) is 0. The van der Waals surface area contributed by atoms with Crippen LogP contribution in [0, 0.1) is 0 Å². The number of benzene rings is 1. The van der Waals surface area contributed by atoms with Gasteiger partial charge >= 0.3 is 5.97 Å². The second kappa shape index (κ2) is 6.25. The minimum atomic E-state index is -0.779. The molecule has 6 nitrogen and oxygen atoms in total. The van der Waals surface area contributed by atoms with Crippen molar-refractivity contribution in [3.63, 3.8) is 0 Å². The van der Waals surface area contributed by atoms with Crippen LogP contribution in [0.1, 0.15) is 30.1 Å². The SMILES string of the molecule is C[C@@H](OC(=O)c1ccc2c(c1)OCCO2)C(=O)N1CCCC1. The van der Waals surface area contributed by atoms with Crippen molar-refractivity contribution >= 4 is 11.9 Å². The smallest absolute Gasteiger partial charge is 0.339 e. The molecule has 1 amide bonds. The highest BCUT2D eigenvalue weighted by Gasteiger charge is 2.26. The molecular weight excluding hydrogens is 286 g/mol. The minimum Gasteiger partial charge on any atom is -0.486 e. The van der Waals surface area contributed by atoms with E-state index in [4.69, 9.17) is 14.2 Å². The highest BCUT2D eigenvalue weighted by atomic mass is 16.6. The normalized spacial score (nSPS) is 18.0. The minimum absolute atomic E-state index is 0.136. The predicted molar refractivity (Wildman–Crippen MR) is 78.1 cm³/mol.